The van der Waals surface area contributed by atoms with E-state index in [2.05, 4.69) is 20.1 Å². The quantitative estimate of drug-likeness (QED) is 0.760. The van der Waals surface area contributed by atoms with Crippen molar-refractivity contribution in [1.29, 1.82) is 0 Å². The Kier molecular flexibility index (Phi) is 2.34. The van der Waals surface area contributed by atoms with Gasteiger partial charge >= 0.3 is 0 Å². The maximum absolute atomic E-state index is 5.34. The second kappa shape index (κ2) is 4.17. The molecule has 96 valence electrons. The number of hydrogen-bond acceptors (Lipinski definition) is 5. The minimum Gasteiger partial charge on any atom is -0.381 e. The molecule has 1 fully saturated rings. The fourth-order valence-corrected chi connectivity index (χ4v) is 2.39. The molecule has 0 amide bonds. The highest BCUT2D eigenvalue weighted by molar-refractivity contribution is 5.90. The fourth-order valence-electron chi connectivity index (χ4n) is 2.39. The molecule has 19 heavy (non-hydrogen) atoms. The topological polar surface area (TPSA) is 76.8 Å². The normalized spacial score (nSPS) is 19.3. The molecule has 1 saturated heterocycles. The van der Waals surface area contributed by atoms with Crippen LogP contribution >= 0.6 is 0 Å². The average molecular weight is 256 g/mol. The summed E-state index contributed by atoms with van der Waals surface area (Å²) in [6, 6.07) is 3.89. The van der Waals surface area contributed by atoms with Gasteiger partial charge in [0.1, 0.15) is 5.69 Å². The number of nitrogens with one attached hydrogen (secondary N) is 1. The van der Waals surface area contributed by atoms with E-state index in [0.29, 0.717) is 18.3 Å². The Morgan fingerprint density at radius 2 is 2.32 bits per heavy atom. The summed E-state index contributed by atoms with van der Waals surface area (Å²) in [7, 11) is 0. The first-order valence-electron chi connectivity index (χ1n) is 6.25. The van der Waals surface area contributed by atoms with E-state index in [4.69, 9.17) is 9.26 Å². The summed E-state index contributed by atoms with van der Waals surface area (Å²) < 4.78 is 10.7. The van der Waals surface area contributed by atoms with Crippen LogP contribution in [0.4, 0.5) is 0 Å². The molecule has 0 radical (unpaired) electrons. The number of fused-ring (bicyclic) bond motifs is 1. The van der Waals surface area contributed by atoms with Gasteiger partial charge in [-0.2, -0.15) is 4.98 Å². The Balaban J connectivity index is 1.77. The molecule has 0 bridgehead atoms. The summed E-state index contributed by atoms with van der Waals surface area (Å²) in [5.74, 6) is 1.39. The van der Waals surface area contributed by atoms with Crippen LogP contribution in [0, 0.1) is 0 Å². The first kappa shape index (κ1) is 10.7. The zero-order chi connectivity index (χ0) is 12.7. The lowest BCUT2D eigenvalue weighted by atomic mass is 10.1. The smallest absolute Gasteiger partial charge is 0.232 e. The Hall–Kier alpha value is -2.21. The third-order valence-electron chi connectivity index (χ3n) is 3.41. The van der Waals surface area contributed by atoms with Crippen molar-refractivity contribution in [3.8, 4) is 11.5 Å². The van der Waals surface area contributed by atoms with Crippen molar-refractivity contribution in [1.82, 2.24) is 20.1 Å². The van der Waals surface area contributed by atoms with Crippen molar-refractivity contribution >= 4 is 10.9 Å². The number of pyridine rings is 1. The fraction of sp³-hybridized carbons (Fsp3) is 0.308. The van der Waals surface area contributed by atoms with E-state index >= 15 is 0 Å². The number of nitrogens with zero attached hydrogens (tertiary/aromatic N) is 3. The molecule has 1 aliphatic rings. The maximum Gasteiger partial charge on any atom is 0.232 e. The number of hydrogen-bond donors (Lipinski definition) is 1. The van der Waals surface area contributed by atoms with E-state index in [0.717, 1.165) is 29.6 Å². The zero-order valence-corrected chi connectivity index (χ0v) is 10.2. The Labute approximate surface area is 108 Å². The third kappa shape index (κ3) is 1.72. The summed E-state index contributed by atoms with van der Waals surface area (Å²) in [6.07, 6.45) is 4.55. The highest BCUT2D eigenvalue weighted by Crippen LogP contribution is 2.28. The molecule has 4 rings (SSSR count). The van der Waals surface area contributed by atoms with E-state index in [1.807, 2.05) is 18.3 Å². The van der Waals surface area contributed by atoms with Crippen molar-refractivity contribution in [2.45, 2.75) is 12.3 Å². The van der Waals surface area contributed by atoms with Gasteiger partial charge < -0.3 is 14.2 Å². The lowest BCUT2D eigenvalue weighted by molar-refractivity contribution is 0.189. The van der Waals surface area contributed by atoms with Gasteiger partial charge in [-0.1, -0.05) is 5.16 Å². The first-order chi connectivity index (χ1) is 9.42. The standard InChI is InChI=1S/C13H12N4O2/c1-4-14-10-2-5-15-11(9(1)10)12-16-13(19-17-12)8-3-6-18-7-8/h1-2,4-5,8,14H,3,6-7H2. The van der Waals surface area contributed by atoms with Crippen LogP contribution in [0.1, 0.15) is 18.2 Å². The van der Waals surface area contributed by atoms with Gasteiger partial charge in [0.15, 0.2) is 0 Å². The lowest BCUT2D eigenvalue weighted by Gasteiger charge is -1.98. The largest absolute Gasteiger partial charge is 0.381 e. The number of ether oxygens (including phenoxy) is 1. The second-order valence-electron chi connectivity index (χ2n) is 4.62. The van der Waals surface area contributed by atoms with Gasteiger partial charge in [0.2, 0.25) is 11.7 Å². The molecule has 0 aromatic carbocycles. The molecule has 3 aromatic rings. The van der Waals surface area contributed by atoms with Crippen molar-refractivity contribution in [3.63, 3.8) is 0 Å². The van der Waals surface area contributed by atoms with Crippen LogP contribution in [0.5, 0.6) is 0 Å². The van der Waals surface area contributed by atoms with E-state index in [1.165, 1.54) is 0 Å². The molecular formula is C13H12N4O2. The second-order valence-corrected chi connectivity index (χ2v) is 4.62. The van der Waals surface area contributed by atoms with Gasteiger partial charge in [-0.3, -0.25) is 4.98 Å². The first-order valence-corrected chi connectivity index (χ1v) is 6.25. The number of aromatic amines is 1. The van der Waals surface area contributed by atoms with Gasteiger partial charge in [-0.25, -0.2) is 0 Å². The molecule has 3 aromatic heterocycles. The monoisotopic (exact) mass is 256 g/mol. The van der Waals surface area contributed by atoms with Gasteiger partial charge in [-0.05, 0) is 18.6 Å². The van der Waals surface area contributed by atoms with Crippen LogP contribution in [0.15, 0.2) is 29.0 Å². The van der Waals surface area contributed by atoms with E-state index in [1.54, 1.807) is 6.20 Å². The minimum atomic E-state index is 0.215. The average Bonchev–Trinajstić information content (AvgIpc) is 3.18. The number of H-pyrrole nitrogens is 1. The van der Waals surface area contributed by atoms with Crippen LogP contribution in [0.25, 0.3) is 22.4 Å². The summed E-state index contributed by atoms with van der Waals surface area (Å²) >= 11 is 0. The van der Waals surface area contributed by atoms with E-state index < -0.39 is 0 Å². The number of aromatic nitrogens is 4. The Bertz CT molecular complexity index is 712. The zero-order valence-electron chi connectivity index (χ0n) is 10.2. The SMILES string of the molecule is c1cc2[nH]ccc2c(-c2noc(C3CCOC3)n2)n1. The Morgan fingerprint density at radius 1 is 1.32 bits per heavy atom. The van der Waals surface area contributed by atoms with Crippen molar-refractivity contribution < 1.29 is 9.26 Å². The summed E-state index contributed by atoms with van der Waals surface area (Å²) in [6.45, 7) is 1.41. The third-order valence-corrected chi connectivity index (χ3v) is 3.41. The van der Waals surface area contributed by atoms with Crippen LogP contribution in [-0.2, 0) is 4.74 Å². The van der Waals surface area contributed by atoms with E-state index in [9.17, 15) is 0 Å². The molecule has 6 heteroatoms. The van der Waals surface area contributed by atoms with E-state index in [-0.39, 0.29) is 5.92 Å². The van der Waals surface area contributed by atoms with Crippen LogP contribution in [0.2, 0.25) is 0 Å². The molecular weight excluding hydrogens is 244 g/mol. The molecule has 4 heterocycles. The summed E-state index contributed by atoms with van der Waals surface area (Å²) in [4.78, 5) is 12.0. The lowest BCUT2D eigenvalue weighted by Crippen LogP contribution is -1.97. The van der Waals surface area contributed by atoms with Crippen LogP contribution < -0.4 is 0 Å². The van der Waals surface area contributed by atoms with Gasteiger partial charge in [0.25, 0.3) is 0 Å². The molecule has 1 N–H and O–H groups in total. The molecule has 0 spiro atoms. The maximum atomic E-state index is 5.34. The van der Waals surface area contributed by atoms with Crippen molar-refractivity contribution in [2.24, 2.45) is 0 Å². The van der Waals surface area contributed by atoms with Gasteiger partial charge in [0.05, 0.1) is 12.5 Å². The highest BCUT2D eigenvalue weighted by atomic mass is 16.5. The molecule has 1 atom stereocenters. The molecule has 0 aliphatic carbocycles. The Morgan fingerprint density at radius 3 is 3.21 bits per heavy atom. The van der Waals surface area contributed by atoms with Crippen molar-refractivity contribution in [3.05, 3.63) is 30.4 Å². The molecule has 0 saturated carbocycles. The summed E-state index contributed by atoms with van der Waals surface area (Å²) in [5, 5.41) is 5.04. The van der Waals surface area contributed by atoms with Crippen molar-refractivity contribution in [2.75, 3.05) is 13.2 Å². The molecule has 6 nitrogen and oxygen atoms in total. The van der Waals surface area contributed by atoms with Crippen LogP contribution in [-0.4, -0.2) is 33.3 Å². The highest BCUT2D eigenvalue weighted by Gasteiger charge is 2.24. The summed E-state index contributed by atoms with van der Waals surface area (Å²) in [5.41, 5.74) is 1.76. The van der Waals surface area contributed by atoms with Gasteiger partial charge in [-0.15, -0.1) is 0 Å². The predicted molar refractivity (Wildman–Crippen MR) is 67.6 cm³/mol. The van der Waals surface area contributed by atoms with Crippen LogP contribution in [0.3, 0.4) is 0 Å². The molecule has 1 unspecified atom stereocenters. The van der Waals surface area contributed by atoms with Gasteiger partial charge in [0, 0.05) is 29.9 Å². The predicted octanol–water partition coefficient (Wildman–Crippen LogP) is 2.12. The minimum absolute atomic E-state index is 0.215. The molecule has 1 aliphatic heterocycles. The number of rotatable bonds is 2.